The SMILES string of the molecule is NC1CCC(N)CC1.NCCN1CCNCC1. The van der Waals surface area contributed by atoms with E-state index in [9.17, 15) is 0 Å². The van der Waals surface area contributed by atoms with E-state index in [1.807, 2.05) is 0 Å². The summed E-state index contributed by atoms with van der Waals surface area (Å²) in [5, 5.41) is 3.29. The van der Waals surface area contributed by atoms with Crippen LogP contribution in [-0.2, 0) is 0 Å². The van der Waals surface area contributed by atoms with Gasteiger partial charge in [-0.3, -0.25) is 4.90 Å². The second kappa shape index (κ2) is 8.83. The van der Waals surface area contributed by atoms with Gasteiger partial charge >= 0.3 is 0 Å². The van der Waals surface area contributed by atoms with Crippen LogP contribution in [-0.4, -0.2) is 56.3 Å². The van der Waals surface area contributed by atoms with Crippen LogP contribution in [0.5, 0.6) is 0 Å². The van der Waals surface area contributed by atoms with Crippen molar-refractivity contribution in [2.45, 2.75) is 37.8 Å². The Labute approximate surface area is 105 Å². The van der Waals surface area contributed by atoms with Crippen LogP contribution < -0.4 is 22.5 Å². The van der Waals surface area contributed by atoms with Crippen molar-refractivity contribution in [2.75, 3.05) is 39.3 Å². The van der Waals surface area contributed by atoms with Crippen molar-refractivity contribution in [3.8, 4) is 0 Å². The molecule has 0 unspecified atom stereocenters. The molecule has 1 saturated heterocycles. The van der Waals surface area contributed by atoms with Gasteiger partial charge in [-0.1, -0.05) is 0 Å². The standard InChI is InChI=1S/C6H15N3.C6H14N2/c7-1-4-9-5-2-8-3-6-9;7-5-1-2-6(8)4-3-5/h8H,1-7H2;5-6H,1-4,7-8H2. The molecule has 5 heteroatoms. The maximum Gasteiger partial charge on any atom is 0.0108 e. The summed E-state index contributed by atoms with van der Waals surface area (Å²) in [5.41, 5.74) is 16.7. The summed E-state index contributed by atoms with van der Waals surface area (Å²) in [7, 11) is 0. The molecular weight excluding hydrogens is 214 g/mol. The van der Waals surface area contributed by atoms with Gasteiger partial charge < -0.3 is 22.5 Å². The molecule has 0 amide bonds. The first kappa shape index (κ1) is 14.9. The Bertz CT molecular complexity index is 161. The molecule has 0 radical (unpaired) electrons. The largest absolute Gasteiger partial charge is 0.329 e. The van der Waals surface area contributed by atoms with Crippen LogP contribution in [0.1, 0.15) is 25.7 Å². The summed E-state index contributed by atoms with van der Waals surface area (Å²) < 4.78 is 0. The van der Waals surface area contributed by atoms with Crippen LogP contribution in [0, 0.1) is 0 Å². The Hall–Kier alpha value is -0.200. The first-order valence-electron chi connectivity index (χ1n) is 6.86. The zero-order valence-electron chi connectivity index (χ0n) is 10.9. The zero-order valence-corrected chi connectivity index (χ0v) is 10.9. The van der Waals surface area contributed by atoms with Crippen molar-refractivity contribution in [3.05, 3.63) is 0 Å². The first-order chi connectivity index (χ1) is 8.22. The minimum Gasteiger partial charge on any atom is -0.329 e. The van der Waals surface area contributed by atoms with E-state index in [1.165, 1.54) is 0 Å². The Balaban J connectivity index is 0.000000171. The number of hydrogen-bond donors (Lipinski definition) is 4. The van der Waals surface area contributed by atoms with E-state index in [1.54, 1.807) is 0 Å². The van der Waals surface area contributed by atoms with Gasteiger partial charge in [0.1, 0.15) is 0 Å². The van der Waals surface area contributed by atoms with Gasteiger partial charge in [-0.2, -0.15) is 0 Å². The molecule has 5 nitrogen and oxygen atoms in total. The number of nitrogens with two attached hydrogens (primary N) is 3. The van der Waals surface area contributed by atoms with E-state index in [0.717, 1.165) is 65.0 Å². The maximum atomic E-state index is 5.64. The van der Waals surface area contributed by atoms with Gasteiger partial charge in [0.05, 0.1) is 0 Å². The number of rotatable bonds is 2. The van der Waals surface area contributed by atoms with E-state index in [-0.39, 0.29) is 0 Å². The molecule has 0 spiro atoms. The van der Waals surface area contributed by atoms with Crippen LogP contribution in [0.3, 0.4) is 0 Å². The molecule has 1 heterocycles. The van der Waals surface area contributed by atoms with Gasteiger partial charge in [0.2, 0.25) is 0 Å². The van der Waals surface area contributed by atoms with Crippen molar-refractivity contribution in [1.29, 1.82) is 0 Å². The second-order valence-electron chi connectivity index (χ2n) is 5.06. The van der Waals surface area contributed by atoms with Crippen LogP contribution in [0.15, 0.2) is 0 Å². The van der Waals surface area contributed by atoms with E-state index in [0.29, 0.717) is 12.1 Å². The van der Waals surface area contributed by atoms with E-state index in [2.05, 4.69) is 10.2 Å². The summed E-state index contributed by atoms with van der Waals surface area (Å²) in [6.45, 7) is 6.43. The summed E-state index contributed by atoms with van der Waals surface area (Å²) in [4.78, 5) is 2.39. The third-order valence-corrected chi connectivity index (χ3v) is 3.47. The van der Waals surface area contributed by atoms with E-state index in [4.69, 9.17) is 17.2 Å². The highest BCUT2D eigenvalue weighted by Gasteiger charge is 2.13. The molecule has 7 N–H and O–H groups in total. The van der Waals surface area contributed by atoms with Gasteiger partial charge in [-0.25, -0.2) is 0 Å². The molecule has 0 atom stereocenters. The minimum absolute atomic E-state index is 0.440. The lowest BCUT2D eigenvalue weighted by Gasteiger charge is -2.26. The summed E-state index contributed by atoms with van der Waals surface area (Å²) >= 11 is 0. The molecule has 1 aliphatic carbocycles. The molecule has 1 aliphatic heterocycles. The number of piperazine rings is 1. The van der Waals surface area contributed by atoms with Crippen molar-refractivity contribution in [1.82, 2.24) is 10.2 Å². The third kappa shape index (κ3) is 6.95. The highest BCUT2D eigenvalue weighted by atomic mass is 15.2. The van der Waals surface area contributed by atoms with Gasteiger partial charge in [0.25, 0.3) is 0 Å². The quantitative estimate of drug-likeness (QED) is 0.502. The Morgan fingerprint density at radius 1 is 0.941 bits per heavy atom. The average Bonchev–Trinajstić information content (AvgIpc) is 2.36. The molecule has 17 heavy (non-hydrogen) atoms. The lowest BCUT2D eigenvalue weighted by Crippen LogP contribution is -2.45. The van der Waals surface area contributed by atoms with Crippen molar-refractivity contribution in [3.63, 3.8) is 0 Å². The molecule has 0 bridgehead atoms. The van der Waals surface area contributed by atoms with Crippen molar-refractivity contribution < 1.29 is 0 Å². The van der Waals surface area contributed by atoms with E-state index >= 15 is 0 Å². The summed E-state index contributed by atoms with van der Waals surface area (Å²) in [6.07, 6.45) is 4.50. The lowest BCUT2D eigenvalue weighted by atomic mass is 9.93. The highest BCUT2D eigenvalue weighted by Crippen LogP contribution is 2.14. The van der Waals surface area contributed by atoms with Gasteiger partial charge in [0.15, 0.2) is 0 Å². The average molecular weight is 243 g/mol. The molecule has 0 aromatic carbocycles. The smallest absolute Gasteiger partial charge is 0.0108 e. The molecule has 0 aromatic heterocycles. The fraction of sp³-hybridized carbons (Fsp3) is 1.00. The van der Waals surface area contributed by atoms with Crippen LogP contribution in [0.2, 0.25) is 0 Å². The molecule has 2 rings (SSSR count). The Kier molecular flexibility index (Phi) is 7.72. The molecule has 0 aromatic rings. The lowest BCUT2D eigenvalue weighted by molar-refractivity contribution is 0.247. The molecule has 1 saturated carbocycles. The summed E-state index contributed by atoms with van der Waals surface area (Å²) in [5.74, 6) is 0. The predicted octanol–water partition coefficient (Wildman–Crippen LogP) is -0.935. The fourth-order valence-electron chi connectivity index (χ4n) is 2.26. The topological polar surface area (TPSA) is 93.3 Å². The van der Waals surface area contributed by atoms with Crippen molar-refractivity contribution >= 4 is 0 Å². The molecule has 2 aliphatic rings. The number of hydrogen-bond acceptors (Lipinski definition) is 5. The number of nitrogens with zero attached hydrogens (tertiary/aromatic N) is 1. The summed E-state index contributed by atoms with van der Waals surface area (Å²) in [6, 6.07) is 0.879. The normalized spacial score (nSPS) is 30.5. The van der Waals surface area contributed by atoms with Crippen LogP contribution >= 0.6 is 0 Å². The zero-order chi connectivity index (χ0) is 12.5. The highest BCUT2D eigenvalue weighted by molar-refractivity contribution is 4.75. The maximum absolute atomic E-state index is 5.64. The first-order valence-corrected chi connectivity index (χ1v) is 6.86. The molecular formula is C12H29N5. The van der Waals surface area contributed by atoms with Crippen LogP contribution in [0.4, 0.5) is 0 Å². The van der Waals surface area contributed by atoms with Crippen molar-refractivity contribution in [2.24, 2.45) is 17.2 Å². The van der Waals surface area contributed by atoms with Gasteiger partial charge in [-0.15, -0.1) is 0 Å². The fourth-order valence-corrected chi connectivity index (χ4v) is 2.26. The molecule has 2 fully saturated rings. The third-order valence-electron chi connectivity index (χ3n) is 3.47. The Morgan fingerprint density at radius 3 is 1.82 bits per heavy atom. The Morgan fingerprint density at radius 2 is 1.41 bits per heavy atom. The van der Waals surface area contributed by atoms with Gasteiger partial charge in [0, 0.05) is 51.4 Å². The van der Waals surface area contributed by atoms with Crippen LogP contribution in [0.25, 0.3) is 0 Å². The van der Waals surface area contributed by atoms with Gasteiger partial charge in [-0.05, 0) is 25.7 Å². The number of nitrogens with one attached hydrogen (secondary N) is 1. The second-order valence-corrected chi connectivity index (χ2v) is 5.06. The predicted molar refractivity (Wildman–Crippen MR) is 72.8 cm³/mol. The molecule has 102 valence electrons. The van der Waals surface area contributed by atoms with E-state index < -0.39 is 0 Å². The minimum atomic E-state index is 0.440. The monoisotopic (exact) mass is 243 g/mol.